The summed E-state index contributed by atoms with van der Waals surface area (Å²) in [6, 6.07) is 0. The van der Waals surface area contributed by atoms with Crippen molar-refractivity contribution < 1.29 is 9.31 Å². The SMILES string of the molecule is CC1(C)[C@@H]2C[C@H]3OB([C@H](Cl)CN=[N+]=[N-])O[C@@]3(C)[C@H]1C2. The van der Waals surface area contributed by atoms with Crippen molar-refractivity contribution in [3.63, 3.8) is 0 Å². The minimum atomic E-state index is -0.461. The zero-order valence-electron chi connectivity index (χ0n) is 11.5. The van der Waals surface area contributed by atoms with Gasteiger partial charge in [0.25, 0.3) is 0 Å². The summed E-state index contributed by atoms with van der Waals surface area (Å²) in [4.78, 5) is 2.73. The Bertz CT molecular complexity index is 443. The molecule has 0 N–H and O–H groups in total. The summed E-state index contributed by atoms with van der Waals surface area (Å²) in [5.41, 5.74) is 8.44. The Kier molecular flexibility index (Phi) is 3.06. The Hall–Kier alpha value is -0.415. The van der Waals surface area contributed by atoms with Gasteiger partial charge in [0.15, 0.2) is 0 Å². The third-order valence-corrected chi connectivity index (χ3v) is 5.93. The lowest BCUT2D eigenvalue weighted by Gasteiger charge is -2.64. The minimum absolute atomic E-state index is 0.126. The van der Waals surface area contributed by atoms with E-state index in [2.05, 4.69) is 30.8 Å². The molecule has 7 heteroatoms. The molecule has 5 atom stereocenters. The van der Waals surface area contributed by atoms with E-state index in [0.717, 1.165) is 12.3 Å². The first-order chi connectivity index (χ1) is 8.89. The third-order valence-electron chi connectivity index (χ3n) is 5.58. The number of halogens is 1. The fraction of sp³-hybridized carbons (Fsp3) is 1.00. The van der Waals surface area contributed by atoms with Crippen LogP contribution in [0.5, 0.6) is 0 Å². The van der Waals surface area contributed by atoms with Crippen LogP contribution in [0.3, 0.4) is 0 Å². The van der Waals surface area contributed by atoms with Crippen molar-refractivity contribution in [1.29, 1.82) is 0 Å². The molecular formula is C12H19BClN3O2. The Balaban J connectivity index is 1.75. The molecule has 0 amide bonds. The highest BCUT2D eigenvalue weighted by Gasteiger charge is 2.68. The summed E-state index contributed by atoms with van der Waals surface area (Å²) < 4.78 is 12.1. The molecule has 1 aliphatic heterocycles. The molecule has 3 aliphatic carbocycles. The van der Waals surface area contributed by atoms with Crippen LogP contribution in [-0.4, -0.2) is 30.6 Å². The number of alkyl halides is 1. The Morgan fingerprint density at radius 1 is 1.47 bits per heavy atom. The van der Waals surface area contributed by atoms with Crippen LogP contribution in [0.1, 0.15) is 33.6 Å². The number of rotatable bonds is 3. The molecule has 4 rings (SSSR count). The quantitative estimate of drug-likeness (QED) is 0.262. The van der Waals surface area contributed by atoms with Gasteiger partial charge >= 0.3 is 7.12 Å². The molecule has 104 valence electrons. The van der Waals surface area contributed by atoms with E-state index in [-0.39, 0.29) is 18.2 Å². The molecule has 1 saturated heterocycles. The number of azide groups is 1. The summed E-state index contributed by atoms with van der Waals surface area (Å²) in [6.45, 7) is 6.99. The second kappa shape index (κ2) is 4.29. The molecule has 19 heavy (non-hydrogen) atoms. The van der Waals surface area contributed by atoms with E-state index < -0.39 is 12.4 Å². The fourth-order valence-corrected chi connectivity index (χ4v) is 4.43. The average Bonchev–Trinajstić information content (AvgIpc) is 2.72. The predicted octanol–water partition coefficient (Wildman–Crippen LogP) is 3.17. The van der Waals surface area contributed by atoms with Crippen LogP contribution in [0.4, 0.5) is 0 Å². The van der Waals surface area contributed by atoms with Gasteiger partial charge in [0, 0.05) is 11.5 Å². The monoisotopic (exact) mass is 283 g/mol. The molecule has 5 nitrogen and oxygen atoms in total. The molecular weight excluding hydrogens is 264 g/mol. The van der Waals surface area contributed by atoms with E-state index >= 15 is 0 Å². The van der Waals surface area contributed by atoms with Gasteiger partial charge < -0.3 is 9.31 Å². The fourth-order valence-electron chi connectivity index (χ4n) is 4.25. The topological polar surface area (TPSA) is 67.2 Å². The Morgan fingerprint density at radius 3 is 2.84 bits per heavy atom. The molecule has 0 aromatic heterocycles. The van der Waals surface area contributed by atoms with E-state index in [1.165, 1.54) is 6.42 Å². The van der Waals surface area contributed by atoms with E-state index in [1.54, 1.807) is 0 Å². The van der Waals surface area contributed by atoms with Gasteiger partial charge in [-0.1, -0.05) is 19.0 Å². The van der Waals surface area contributed by atoms with Gasteiger partial charge in [-0.3, -0.25) is 0 Å². The molecule has 0 spiro atoms. The highest BCUT2D eigenvalue weighted by atomic mass is 35.5. The summed E-state index contributed by atoms with van der Waals surface area (Å²) in [6.07, 6.45) is 2.39. The molecule has 0 aromatic carbocycles. The second-order valence-corrected chi connectivity index (χ2v) is 7.33. The van der Waals surface area contributed by atoms with E-state index in [9.17, 15) is 0 Å². The second-order valence-electron chi connectivity index (χ2n) is 6.77. The van der Waals surface area contributed by atoms with Crippen LogP contribution in [-0.2, 0) is 9.31 Å². The molecule has 2 bridgehead atoms. The van der Waals surface area contributed by atoms with Crippen LogP contribution in [0, 0.1) is 17.3 Å². The van der Waals surface area contributed by atoms with Gasteiger partial charge in [0.1, 0.15) is 0 Å². The van der Waals surface area contributed by atoms with Crippen molar-refractivity contribution in [2.75, 3.05) is 6.54 Å². The average molecular weight is 284 g/mol. The van der Waals surface area contributed by atoms with Gasteiger partial charge in [-0.05, 0) is 42.5 Å². The first kappa shape index (κ1) is 13.6. The van der Waals surface area contributed by atoms with E-state index in [1.807, 2.05) is 0 Å². The maximum absolute atomic E-state index is 8.35. The molecule has 0 radical (unpaired) electrons. The van der Waals surface area contributed by atoms with Gasteiger partial charge in [0.2, 0.25) is 0 Å². The Labute approximate surface area is 118 Å². The maximum atomic E-state index is 8.35. The highest BCUT2D eigenvalue weighted by molar-refractivity contribution is 6.60. The largest absolute Gasteiger partial charge is 0.476 e. The molecule has 4 fully saturated rings. The van der Waals surface area contributed by atoms with Crippen molar-refractivity contribution >= 4 is 18.7 Å². The van der Waals surface area contributed by atoms with Crippen LogP contribution in [0.2, 0.25) is 0 Å². The highest BCUT2D eigenvalue weighted by Crippen LogP contribution is 2.65. The molecule has 3 saturated carbocycles. The summed E-state index contributed by atoms with van der Waals surface area (Å²) in [5.74, 6) is 1.25. The maximum Gasteiger partial charge on any atom is 0.476 e. The molecule has 0 aromatic rings. The number of nitrogens with zero attached hydrogens (tertiary/aromatic N) is 3. The first-order valence-corrected chi connectivity index (χ1v) is 7.31. The standard InChI is InChI=1S/C12H19BClN3O2/c1-11(2)7-4-8(11)12(3)9(5-7)18-13(19-12)10(14)6-16-17-15/h7-10H,4-6H2,1-3H3/t7-,8-,9+,10+,12-/m0/s1. The Morgan fingerprint density at radius 2 is 2.21 bits per heavy atom. The van der Waals surface area contributed by atoms with Crippen molar-refractivity contribution in [2.45, 2.75) is 50.6 Å². The lowest BCUT2D eigenvalue weighted by Crippen LogP contribution is -2.65. The van der Waals surface area contributed by atoms with Gasteiger partial charge in [-0.25, -0.2) is 0 Å². The van der Waals surface area contributed by atoms with Crippen LogP contribution in [0.25, 0.3) is 10.4 Å². The molecule has 1 heterocycles. The normalized spacial score (nSPS) is 44.0. The number of hydrogen-bond donors (Lipinski definition) is 0. The van der Waals surface area contributed by atoms with Crippen molar-refractivity contribution in [1.82, 2.24) is 0 Å². The van der Waals surface area contributed by atoms with Gasteiger partial charge in [-0.15, -0.1) is 11.6 Å². The molecule has 4 aliphatic rings. The smallest absolute Gasteiger partial charge is 0.404 e. The van der Waals surface area contributed by atoms with Crippen LogP contribution < -0.4 is 0 Å². The summed E-state index contributed by atoms with van der Waals surface area (Å²) in [7, 11) is -0.461. The molecule has 0 unspecified atom stereocenters. The van der Waals surface area contributed by atoms with Crippen molar-refractivity contribution in [2.24, 2.45) is 22.4 Å². The number of hydrogen-bond acceptors (Lipinski definition) is 3. The van der Waals surface area contributed by atoms with E-state index in [4.69, 9.17) is 26.4 Å². The third kappa shape index (κ3) is 1.81. The van der Waals surface area contributed by atoms with Gasteiger partial charge in [0.05, 0.1) is 17.0 Å². The zero-order chi connectivity index (χ0) is 13.8. The lowest BCUT2D eigenvalue weighted by atomic mass is 9.43. The zero-order valence-corrected chi connectivity index (χ0v) is 12.3. The van der Waals surface area contributed by atoms with Crippen molar-refractivity contribution in [3.05, 3.63) is 10.4 Å². The van der Waals surface area contributed by atoms with E-state index in [0.29, 0.717) is 11.3 Å². The van der Waals surface area contributed by atoms with Crippen molar-refractivity contribution in [3.8, 4) is 0 Å². The lowest BCUT2D eigenvalue weighted by molar-refractivity contribution is -0.199. The van der Waals surface area contributed by atoms with Crippen LogP contribution >= 0.6 is 11.6 Å². The summed E-state index contributed by atoms with van der Waals surface area (Å²) >= 11 is 6.21. The predicted molar refractivity (Wildman–Crippen MR) is 73.8 cm³/mol. The van der Waals surface area contributed by atoms with Gasteiger partial charge in [-0.2, -0.15) is 0 Å². The minimum Gasteiger partial charge on any atom is -0.404 e. The summed E-state index contributed by atoms with van der Waals surface area (Å²) in [5, 5.41) is 3.09. The van der Waals surface area contributed by atoms with Crippen LogP contribution in [0.15, 0.2) is 5.11 Å². The first-order valence-electron chi connectivity index (χ1n) is 6.87.